The van der Waals surface area contributed by atoms with Crippen molar-refractivity contribution < 1.29 is 17.9 Å². The number of likely N-dealkylation sites (tertiary alicyclic amines) is 1. The van der Waals surface area contributed by atoms with Gasteiger partial charge in [-0.15, -0.1) is 0 Å². The zero-order valence-corrected chi connectivity index (χ0v) is 10.4. The first kappa shape index (κ1) is 13.4. The van der Waals surface area contributed by atoms with E-state index in [9.17, 15) is 13.2 Å². The van der Waals surface area contributed by atoms with E-state index in [0.717, 1.165) is 0 Å². The Morgan fingerprint density at radius 1 is 1.56 bits per heavy atom. The van der Waals surface area contributed by atoms with E-state index in [1.165, 1.54) is 12.0 Å². The SMILES string of the molecule is COC(C)C(=O)N1CCCC(S(N)(=O)=O)C1. The van der Waals surface area contributed by atoms with Gasteiger partial charge < -0.3 is 9.64 Å². The molecule has 0 saturated carbocycles. The van der Waals surface area contributed by atoms with Gasteiger partial charge in [-0.05, 0) is 19.8 Å². The second-order valence-electron chi connectivity index (χ2n) is 4.02. The molecule has 0 aromatic carbocycles. The van der Waals surface area contributed by atoms with Gasteiger partial charge in [-0.3, -0.25) is 4.79 Å². The summed E-state index contributed by atoms with van der Waals surface area (Å²) in [6.45, 7) is 2.38. The van der Waals surface area contributed by atoms with Gasteiger partial charge in [0.05, 0.1) is 5.25 Å². The molecule has 1 amide bonds. The first-order chi connectivity index (χ1) is 7.36. The number of piperidine rings is 1. The van der Waals surface area contributed by atoms with Crippen molar-refractivity contribution >= 4 is 15.9 Å². The van der Waals surface area contributed by atoms with Gasteiger partial charge in [0.25, 0.3) is 5.91 Å². The summed E-state index contributed by atoms with van der Waals surface area (Å²) in [4.78, 5) is 13.3. The molecule has 6 nitrogen and oxygen atoms in total. The molecule has 0 aliphatic carbocycles. The van der Waals surface area contributed by atoms with Crippen molar-refractivity contribution in [3.05, 3.63) is 0 Å². The number of sulfonamides is 1. The summed E-state index contributed by atoms with van der Waals surface area (Å²) in [5.74, 6) is -0.184. The third-order valence-electron chi connectivity index (χ3n) is 2.86. The number of hydrogen-bond donors (Lipinski definition) is 1. The van der Waals surface area contributed by atoms with Gasteiger partial charge in [0.15, 0.2) is 0 Å². The summed E-state index contributed by atoms with van der Waals surface area (Å²) in [6, 6.07) is 0. The zero-order valence-electron chi connectivity index (χ0n) is 9.55. The number of carbonyl (C=O) groups excluding carboxylic acids is 1. The van der Waals surface area contributed by atoms with E-state index in [0.29, 0.717) is 19.4 Å². The first-order valence-corrected chi connectivity index (χ1v) is 6.80. The Labute approximate surface area is 95.8 Å². The van der Waals surface area contributed by atoms with Crippen LogP contribution in [-0.4, -0.2) is 50.8 Å². The lowest BCUT2D eigenvalue weighted by Crippen LogP contribution is -2.49. The molecular weight excluding hydrogens is 232 g/mol. The number of methoxy groups -OCH3 is 1. The Balaban J connectivity index is 2.68. The van der Waals surface area contributed by atoms with Crippen LogP contribution in [0.3, 0.4) is 0 Å². The second-order valence-corrected chi connectivity index (χ2v) is 5.86. The van der Waals surface area contributed by atoms with Crippen LogP contribution in [0.4, 0.5) is 0 Å². The van der Waals surface area contributed by atoms with Gasteiger partial charge in [-0.25, -0.2) is 13.6 Å². The summed E-state index contributed by atoms with van der Waals surface area (Å²) in [7, 11) is -2.11. The number of carbonyl (C=O) groups is 1. The minimum absolute atomic E-state index is 0.172. The van der Waals surface area contributed by atoms with Crippen molar-refractivity contribution in [3.63, 3.8) is 0 Å². The lowest BCUT2D eigenvalue weighted by molar-refractivity contribution is -0.141. The van der Waals surface area contributed by atoms with E-state index in [-0.39, 0.29) is 12.5 Å². The van der Waals surface area contributed by atoms with Crippen LogP contribution in [-0.2, 0) is 19.6 Å². The van der Waals surface area contributed by atoms with Crippen molar-refractivity contribution in [1.82, 2.24) is 4.90 Å². The maximum absolute atomic E-state index is 11.8. The quantitative estimate of drug-likeness (QED) is 0.717. The van der Waals surface area contributed by atoms with E-state index in [2.05, 4.69) is 0 Å². The largest absolute Gasteiger partial charge is 0.372 e. The van der Waals surface area contributed by atoms with E-state index in [1.807, 2.05) is 0 Å². The molecule has 1 aliphatic rings. The molecule has 2 atom stereocenters. The van der Waals surface area contributed by atoms with Gasteiger partial charge in [0.2, 0.25) is 10.0 Å². The fourth-order valence-corrected chi connectivity index (χ4v) is 2.65. The highest BCUT2D eigenvalue weighted by molar-refractivity contribution is 7.89. The van der Waals surface area contributed by atoms with Crippen LogP contribution < -0.4 is 5.14 Å². The molecule has 1 fully saturated rings. The molecule has 16 heavy (non-hydrogen) atoms. The van der Waals surface area contributed by atoms with E-state index in [4.69, 9.17) is 9.88 Å². The van der Waals surface area contributed by atoms with Crippen molar-refractivity contribution in [1.29, 1.82) is 0 Å². The van der Waals surface area contributed by atoms with E-state index in [1.54, 1.807) is 6.92 Å². The summed E-state index contributed by atoms with van der Waals surface area (Å²) >= 11 is 0. The molecular formula is C9H18N2O4S. The van der Waals surface area contributed by atoms with Crippen molar-refractivity contribution in [3.8, 4) is 0 Å². The number of nitrogens with two attached hydrogens (primary N) is 1. The first-order valence-electron chi connectivity index (χ1n) is 5.19. The average Bonchev–Trinajstić information content (AvgIpc) is 2.26. The predicted molar refractivity (Wildman–Crippen MR) is 59.2 cm³/mol. The average molecular weight is 250 g/mol. The lowest BCUT2D eigenvalue weighted by Gasteiger charge is -2.32. The maximum atomic E-state index is 11.8. The molecule has 1 saturated heterocycles. The Morgan fingerprint density at radius 2 is 2.19 bits per heavy atom. The van der Waals surface area contributed by atoms with Gasteiger partial charge in [0, 0.05) is 20.2 Å². The van der Waals surface area contributed by atoms with Crippen LogP contribution in [0.5, 0.6) is 0 Å². The molecule has 94 valence electrons. The van der Waals surface area contributed by atoms with Gasteiger partial charge in [-0.2, -0.15) is 0 Å². The molecule has 0 bridgehead atoms. The molecule has 2 unspecified atom stereocenters. The lowest BCUT2D eigenvalue weighted by atomic mass is 10.1. The fraction of sp³-hybridized carbons (Fsp3) is 0.889. The summed E-state index contributed by atoms with van der Waals surface area (Å²) < 4.78 is 27.3. The minimum Gasteiger partial charge on any atom is -0.372 e. The van der Waals surface area contributed by atoms with Crippen LogP contribution in [0, 0.1) is 0 Å². The normalized spacial score (nSPS) is 24.2. The summed E-state index contributed by atoms with van der Waals surface area (Å²) in [6.07, 6.45) is 0.631. The van der Waals surface area contributed by atoms with Gasteiger partial charge in [-0.1, -0.05) is 0 Å². The molecule has 7 heteroatoms. The highest BCUT2D eigenvalue weighted by Gasteiger charge is 2.31. The van der Waals surface area contributed by atoms with Crippen molar-refractivity contribution in [2.45, 2.75) is 31.1 Å². The Hall–Kier alpha value is -0.660. The second kappa shape index (κ2) is 5.11. The maximum Gasteiger partial charge on any atom is 0.251 e. The molecule has 0 aromatic rings. The topological polar surface area (TPSA) is 89.7 Å². The standard InChI is InChI=1S/C9H18N2O4S/c1-7(15-2)9(12)11-5-3-4-8(6-11)16(10,13)14/h7-8H,3-6H2,1-2H3,(H2,10,13,14). The Morgan fingerprint density at radius 3 is 2.69 bits per heavy atom. The third kappa shape index (κ3) is 3.16. The highest BCUT2D eigenvalue weighted by Crippen LogP contribution is 2.16. The Kier molecular flexibility index (Phi) is 4.28. The predicted octanol–water partition coefficient (Wildman–Crippen LogP) is -0.699. The number of amides is 1. The van der Waals surface area contributed by atoms with Crippen LogP contribution in [0.25, 0.3) is 0 Å². The summed E-state index contributed by atoms with van der Waals surface area (Å²) in [5.41, 5.74) is 0. The van der Waals surface area contributed by atoms with Crippen LogP contribution in [0.2, 0.25) is 0 Å². The zero-order chi connectivity index (χ0) is 12.3. The third-order valence-corrected chi connectivity index (χ3v) is 4.17. The minimum atomic E-state index is -3.56. The molecule has 1 aliphatic heterocycles. The number of rotatable bonds is 3. The van der Waals surface area contributed by atoms with Gasteiger partial charge >= 0.3 is 0 Å². The highest BCUT2D eigenvalue weighted by atomic mass is 32.2. The number of hydrogen-bond acceptors (Lipinski definition) is 4. The van der Waals surface area contributed by atoms with Gasteiger partial charge in [0.1, 0.15) is 6.10 Å². The summed E-state index contributed by atoms with van der Waals surface area (Å²) in [5, 5.41) is 4.44. The van der Waals surface area contributed by atoms with Crippen LogP contribution in [0.1, 0.15) is 19.8 Å². The van der Waals surface area contributed by atoms with Crippen LogP contribution >= 0.6 is 0 Å². The van der Waals surface area contributed by atoms with E-state index >= 15 is 0 Å². The van der Waals surface area contributed by atoms with Crippen LogP contribution in [0.15, 0.2) is 0 Å². The van der Waals surface area contributed by atoms with Crippen molar-refractivity contribution in [2.24, 2.45) is 5.14 Å². The monoisotopic (exact) mass is 250 g/mol. The Bertz CT molecular complexity index is 355. The van der Waals surface area contributed by atoms with Crippen molar-refractivity contribution in [2.75, 3.05) is 20.2 Å². The molecule has 0 radical (unpaired) electrons. The smallest absolute Gasteiger partial charge is 0.251 e. The fourth-order valence-electron chi connectivity index (χ4n) is 1.76. The molecule has 2 N–H and O–H groups in total. The molecule has 1 heterocycles. The number of ether oxygens (including phenoxy) is 1. The van der Waals surface area contributed by atoms with E-state index < -0.39 is 21.4 Å². The molecule has 1 rings (SSSR count). The number of nitrogens with zero attached hydrogens (tertiary/aromatic N) is 1. The molecule has 0 aromatic heterocycles. The number of primary sulfonamides is 1. The molecule has 0 spiro atoms.